The highest BCUT2D eigenvalue weighted by Gasteiger charge is 2.31. The highest BCUT2D eigenvalue weighted by molar-refractivity contribution is 14.0. The minimum Gasteiger partial charge on any atom is -0.478 e. The van der Waals surface area contributed by atoms with E-state index in [1.807, 2.05) is 61.2 Å². The molecule has 0 radical (unpaired) electrons. The molecule has 1 amide bonds. The summed E-state index contributed by atoms with van der Waals surface area (Å²) in [4.78, 5) is 23.1. The zero-order valence-corrected chi connectivity index (χ0v) is 19.1. The van der Waals surface area contributed by atoms with Crippen LogP contribution in [0, 0.1) is 0 Å². The zero-order valence-electron chi connectivity index (χ0n) is 16.8. The van der Waals surface area contributed by atoms with Gasteiger partial charge in [-0.1, -0.05) is 18.2 Å². The minimum atomic E-state index is 0. The van der Waals surface area contributed by atoms with Crippen molar-refractivity contribution in [1.82, 2.24) is 15.6 Å². The predicted octanol–water partition coefficient (Wildman–Crippen LogP) is 2.96. The van der Waals surface area contributed by atoms with Gasteiger partial charge in [0, 0.05) is 37.5 Å². The third-order valence-electron chi connectivity index (χ3n) is 4.39. The summed E-state index contributed by atoms with van der Waals surface area (Å²) in [6.45, 7) is 6.40. The van der Waals surface area contributed by atoms with Crippen LogP contribution in [0.15, 0.2) is 53.7 Å². The van der Waals surface area contributed by atoms with Crippen LogP contribution in [-0.4, -0.2) is 42.6 Å². The number of halogens is 1. The molecule has 1 aliphatic heterocycles. The fourth-order valence-corrected chi connectivity index (χ4v) is 3.12. The molecule has 0 aliphatic carbocycles. The van der Waals surface area contributed by atoms with Crippen molar-refractivity contribution >= 4 is 41.5 Å². The van der Waals surface area contributed by atoms with Gasteiger partial charge < -0.3 is 20.3 Å². The van der Waals surface area contributed by atoms with Gasteiger partial charge in [0.05, 0.1) is 19.2 Å². The number of nitrogens with one attached hydrogen (secondary N) is 2. The monoisotopic (exact) mass is 509 g/mol. The number of aliphatic imine (C=N–C) groups is 1. The fraction of sp³-hybridized carbons (Fsp3) is 0.381. The Bertz CT molecular complexity index is 816. The third-order valence-corrected chi connectivity index (χ3v) is 4.39. The highest BCUT2D eigenvalue weighted by atomic mass is 127. The van der Waals surface area contributed by atoms with Crippen molar-refractivity contribution in [1.29, 1.82) is 0 Å². The molecule has 156 valence electrons. The lowest BCUT2D eigenvalue weighted by atomic mass is 10.2. The Hall–Kier alpha value is -2.36. The topological polar surface area (TPSA) is 78.9 Å². The number of rotatable bonds is 7. The van der Waals surface area contributed by atoms with E-state index in [1.54, 1.807) is 6.20 Å². The minimum absolute atomic E-state index is 0. The number of carbonyl (C=O) groups is 1. The van der Waals surface area contributed by atoms with Gasteiger partial charge in [0.2, 0.25) is 11.8 Å². The van der Waals surface area contributed by atoms with Crippen molar-refractivity contribution in [2.75, 3.05) is 24.6 Å². The van der Waals surface area contributed by atoms with Crippen LogP contribution >= 0.6 is 24.0 Å². The lowest BCUT2D eigenvalue weighted by molar-refractivity contribution is -0.117. The van der Waals surface area contributed by atoms with Gasteiger partial charge in [-0.2, -0.15) is 0 Å². The summed E-state index contributed by atoms with van der Waals surface area (Å²) in [5.41, 5.74) is 1.95. The second-order valence-corrected chi connectivity index (χ2v) is 6.52. The summed E-state index contributed by atoms with van der Waals surface area (Å²) >= 11 is 0. The smallest absolute Gasteiger partial charge is 0.229 e. The molecule has 29 heavy (non-hydrogen) atoms. The zero-order chi connectivity index (χ0) is 19.8. The quantitative estimate of drug-likeness (QED) is 0.341. The van der Waals surface area contributed by atoms with E-state index in [0.29, 0.717) is 38.0 Å². The Morgan fingerprint density at radius 2 is 2.07 bits per heavy atom. The summed E-state index contributed by atoms with van der Waals surface area (Å²) in [6, 6.07) is 13.6. The SMILES string of the molecule is CCNC(=NCc1ccnc(OCC)c1)NC1CC(=O)N(c2ccccc2)C1.I. The molecule has 1 unspecified atom stereocenters. The van der Waals surface area contributed by atoms with Crippen LogP contribution in [0.2, 0.25) is 0 Å². The molecule has 2 N–H and O–H groups in total. The first-order valence-corrected chi connectivity index (χ1v) is 9.67. The molecular weight excluding hydrogens is 481 g/mol. The Kier molecular flexibility index (Phi) is 9.17. The maximum Gasteiger partial charge on any atom is 0.229 e. The number of pyridine rings is 1. The molecule has 1 aliphatic rings. The summed E-state index contributed by atoms with van der Waals surface area (Å²) in [5.74, 6) is 1.42. The largest absolute Gasteiger partial charge is 0.478 e. The summed E-state index contributed by atoms with van der Waals surface area (Å²) in [7, 11) is 0. The number of anilines is 1. The Balaban J connectivity index is 0.00000300. The maximum atomic E-state index is 12.4. The van der Waals surface area contributed by atoms with E-state index in [2.05, 4.69) is 20.6 Å². The first kappa shape index (κ1) is 22.9. The summed E-state index contributed by atoms with van der Waals surface area (Å²) in [5, 5.41) is 6.64. The van der Waals surface area contributed by atoms with E-state index in [0.717, 1.165) is 17.8 Å². The molecule has 1 saturated heterocycles. The van der Waals surface area contributed by atoms with Gasteiger partial charge in [0.25, 0.3) is 0 Å². The summed E-state index contributed by atoms with van der Waals surface area (Å²) < 4.78 is 5.44. The van der Waals surface area contributed by atoms with Crippen LogP contribution < -0.4 is 20.3 Å². The number of para-hydroxylation sites is 1. The molecule has 1 fully saturated rings. The lowest BCUT2D eigenvalue weighted by Crippen LogP contribution is -2.44. The Morgan fingerprint density at radius 1 is 1.28 bits per heavy atom. The van der Waals surface area contributed by atoms with Crippen LogP contribution in [0.4, 0.5) is 5.69 Å². The van der Waals surface area contributed by atoms with Crippen LogP contribution in [-0.2, 0) is 11.3 Å². The van der Waals surface area contributed by atoms with Gasteiger partial charge in [-0.15, -0.1) is 24.0 Å². The lowest BCUT2D eigenvalue weighted by Gasteiger charge is -2.19. The number of carbonyl (C=O) groups excluding carboxylic acids is 1. The number of nitrogens with zero attached hydrogens (tertiary/aromatic N) is 3. The van der Waals surface area contributed by atoms with E-state index >= 15 is 0 Å². The van der Waals surface area contributed by atoms with Crippen molar-refractivity contribution < 1.29 is 9.53 Å². The first-order chi connectivity index (χ1) is 13.7. The normalized spacial score (nSPS) is 16.3. The Labute approximate surface area is 189 Å². The molecule has 0 bridgehead atoms. The number of guanidine groups is 1. The molecule has 0 spiro atoms. The number of ether oxygens (including phenoxy) is 1. The average Bonchev–Trinajstić information content (AvgIpc) is 3.08. The van der Waals surface area contributed by atoms with Gasteiger partial charge >= 0.3 is 0 Å². The standard InChI is InChI=1S/C21H27N5O2.HI/c1-3-22-21(24-14-16-10-11-23-19(12-16)28-4-2)25-17-13-20(27)26(15-17)18-8-6-5-7-9-18;/h5-12,17H,3-4,13-15H2,1-2H3,(H2,22,24,25);1H. The second kappa shape index (κ2) is 11.6. The second-order valence-electron chi connectivity index (χ2n) is 6.52. The van der Waals surface area contributed by atoms with Gasteiger partial charge in [0.15, 0.2) is 5.96 Å². The maximum absolute atomic E-state index is 12.4. The number of hydrogen-bond acceptors (Lipinski definition) is 4. The van der Waals surface area contributed by atoms with Crippen LogP contribution in [0.1, 0.15) is 25.8 Å². The van der Waals surface area contributed by atoms with Crippen molar-refractivity contribution in [3.05, 3.63) is 54.2 Å². The van der Waals surface area contributed by atoms with Gasteiger partial charge in [-0.3, -0.25) is 4.79 Å². The molecule has 3 rings (SSSR count). The molecule has 1 atom stereocenters. The number of amides is 1. The van der Waals surface area contributed by atoms with E-state index < -0.39 is 0 Å². The molecule has 8 heteroatoms. The fourth-order valence-electron chi connectivity index (χ4n) is 3.12. The Morgan fingerprint density at radius 3 is 2.79 bits per heavy atom. The predicted molar refractivity (Wildman–Crippen MR) is 126 cm³/mol. The van der Waals surface area contributed by atoms with Crippen molar-refractivity contribution in [2.45, 2.75) is 32.9 Å². The molecule has 1 aromatic heterocycles. The molecule has 2 heterocycles. The van der Waals surface area contributed by atoms with Crippen molar-refractivity contribution in [3.8, 4) is 5.88 Å². The van der Waals surface area contributed by atoms with Crippen LogP contribution in [0.25, 0.3) is 0 Å². The van der Waals surface area contributed by atoms with Crippen LogP contribution in [0.3, 0.4) is 0 Å². The molecule has 2 aromatic rings. The molecule has 1 aromatic carbocycles. The highest BCUT2D eigenvalue weighted by Crippen LogP contribution is 2.21. The number of hydrogen-bond donors (Lipinski definition) is 2. The van der Waals surface area contributed by atoms with E-state index in [1.165, 1.54) is 0 Å². The first-order valence-electron chi connectivity index (χ1n) is 9.67. The van der Waals surface area contributed by atoms with E-state index in [4.69, 9.17) is 4.74 Å². The van der Waals surface area contributed by atoms with Gasteiger partial charge in [0.1, 0.15) is 0 Å². The molecule has 0 saturated carbocycles. The van der Waals surface area contributed by atoms with Gasteiger partial charge in [-0.25, -0.2) is 9.98 Å². The van der Waals surface area contributed by atoms with Crippen molar-refractivity contribution in [2.24, 2.45) is 4.99 Å². The summed E-state index contributed by atoms with van der Waals surface area (Å²) in [6.07, 6.45) is 2.17. The molecule has 7 nitrogen and oxygen atoms in total. The van der Waals surface area contributed by atoms with E-state index in [-0.39, 0.29) is 35.9 Å². The third kappa shape index (κ3) is 6.59. The van der Waals surface area contributed by atoms with E-state index in [9.17, 15) is 4.79 Å². The molecular formula is C21H28IN5O2. The van der Waals surface area contributed by atoms with Crippen LogP contribution in [0.5, 0.6) is 5.88 Å². The average molecular weight is 509 g/mol. The number of aromatic nitrogens is 1. The van der Waals surface area contributed by atoms with Crippen molar-refractivity contribution in [3.63, 3.8) is 0 Å². The number of benzene rings is 1. The van der Waals surface area contributed by atoms with Gasteiger partial charge in [-0.05, 0) is 37.6 Å².